The molecular formula is C14H19N3. The molecule has 0 aliphatic rings. The SMILES string of the molecule is CNC(C)c1cnn(-c2ccccc2C)c1C. The van der Waals surface area contributed by atoms with Crippen LogP contribution in [0.4, 0.5) is 0 Å². The average molecular weight is 229 g/mol. The van der Waals surface area contributed by atoms with Crippen molar-refractivity contribution in [3.05, 3.63) is 47.3 Å². The topological polar surface area (TPSA) is 29.9 Å². The van der Waals surface area contributed by atoms with Crippen LogP contribution in [0.25, 0.3) is 5.69 Å². The Hall–Kier alpha value is -1.61. The minimum Gasteiger partial charge on any atom is -0.313 e. The maximum atomic E-state index is 4.49. The molecule has 1 aromatic heterocycles. The Morgan fingerprint density at radius 2 is 1.94 bits per heavy atom. The number of aryl methyl sites for hydroxylation is 1. The van der Waals surface area contributed by atoms with Crippen molar-refractivity contribution in [1.82, 2.24) is 15.1 Å². The van der Waals surface area contributed by atoms with Gasteiger partial charge in [0.25, 0.3) is 0 Å². The van der Waals surface area contributed by atoms with Crippen molar-refractivity contribution >= 4 is 0 Å². The number of hydrogen-bond acceptors (Lipinski definition) is 2. The first-order chi connectivity index (χ1) is 8.15. The highest BCUT2D eigenvalue weighted by molar-refractivity contribution is 5.41. The molecule has 1 N–H and O–H groups in total. The molecule has 0 fully saturated rings. The molecule has 17 heavy (non-hydrogen) atoms. The maximum Gasteiger partial charge on any atom is 0.0677 e. The van der Waals surface area contributed by atoms with Crippen LogP contribution < -0.4 is 5.32 Å². The van der Waals surface area contributed by atoms with Crippen LogP contribution in [0, 0.1) is 13.8 Å². The van der Waals surface area contributed by atoms with E-state index in [4.69, 9.17) is 0 Å². The lowest BCUT2D eigenvalue weighted by Gasteiger charge is -2.11. The van der Waals surface area contributed by atoms with Crippen LogP contribution in [-0.2, 0) is 0 Å². The predicted molar refractivity (Wildman–Crippen MR) is 70.5 cm³/mol. The number of nitrogens with zero attached hydrogens (tertiary/aromatic N) is 2. The van der Waals surface area contributed by atoms with Crippen LogP contribution in [0.3, 0.4) is 0 Å². The number of rotatable bonds is 3. The summed E-state index contributed by atoms with van der Waals surface area (Å²) in [5, 5.41) is 7.74. The van der Waals surface area contributed by atoms with Gasteiger partial charge in [0, 0.05) is 17.3 Å². The summed E-state index contributed by atoms with van der Waals surface area (Å²) in [6, 6.07) is 8.63. The highest BCUT2D eigenvalue weighted by Crippen LogP contribution is 2.21. The van der Waals surface area contributed by atoms with Crippen LogP contribution in [-0.4, -0.2) is 16.8 Å². The molecule has 0 saturated heterocycles. The largest absolute Gasteiger partial charge is 0.313 e. The molecule has 90 valence electrons. The van der Waals surface area contributed by atoms with Crippen LogP contribution in [0.1, 0.15) is 29.8 Å². The Kier molecular flexibility index (Phi) is 3.29. The lowest BCUT2D eigenvalue weighted by Crippen LogP contribution is -2.13. The van der Waals surface area contributed by atoms with Gasteiger partial charge in [0.05, 0.1) is 11.9 Å². The zero-order chi connectivity index (χ0) is 12.4. The molecule has 0 radical (unpaired) electrons. The second-order valence-electron chi connectivity index (χ2n) is 4.39. The molecular weight excluding hydrogens is 210 g/mol. The third kappa shape index (κ3) is 2.11. The van der Waals surface area contributed by atoms with E-state index in [0.717, 1.165) is 5.69 Å². The fourth-order valence-corrected chi connectivity index (χ4v) is 2.05. The van der Waals surface area contributed by atoms with Crippen molar-refractivity contribution in [3.63, 3.8) is 0 Å². The Bertz CT molecular complexity index is 514. The Balaban J connectivity index is 2.48. The summed E-state index contributed by atoms with van der Waals surface area (Å²) in [6.45, 7) is 6.37. The second-order valence-corrected chi connectivity index (χ2v) is 4.39. The van der Waals surface area contributed by atoms with E-state index in [0.29, 0.717) is 6.04 Å². The van der Waals surface area contributed by atoms with Gasteiger partial charge in [-0.15, -0.1) is 0 Å². The monoisotopic (exact) mass is 229 g/mol. The highest BCUT2D eigenvalue weighted by atomic mass is 15.3. The summed E-state index contributed by atoms with van der Waals surface area (Å²) in [6.07, 6.45) is 1.95. The molecule has 3 nitrogen and oxygen atoms in total. The molecule has 0 amide bonds. The lowest BCUT2D eigenvalue weighted by molar-refractivity contribution is 0.647. The second kappa shape index (κ2) is 4.72. The van der Waals surface area contributed by atoms with E-state index >= 15 is 0 Å². The summed E-state index contributed by atoms with van der Waals surface area (Å²) < 4.78 is 2.01. The molecule has 0 spiro atoms. The summed E-state index contributed by atoms with van der Waals surface area (Å²) in [7, 11) is 1.97. The molecule has 2 rings (SSSR count). The van der Waals surface area contributed by atoms with Crippen LogP contribution >= 0.6 is 0 Å². The first-order valence-electron chi connectivity index (χ1n) is 5.93. The zero-order valence-corrected chi connectivity index (χ0v) is 10.9. The number of hydrogen-bond donors (Lipinski definition) is 1. The van der Waals surface area contributed by atoms with Gasteiger partial charge in [0.2, 0.25) is 0 Å². The minimum atomic E-state index is 0.327. The minimum absolute atomic E-state index is 0.327. The molecule has 0 aliphatic carbocycles. The standard InChI is InChI=1S/C14H19N3/c1-10-7-5-6-8-14(10)17-12(3)13(9-16-17)11(2)15-4/h5-9,11,15H,1-4H3. The van der Waals surface area contributed by atoms with E-state index in [2.05, 4.69) is 49.4 Å². The molecule has 2 aromatic rings. The van der Waals surface area contributed by atoms with Crippen molar-refractivity contribution in [3.8, 4) is 5.69 Å². The van der Waals surface area contributed by atoms with Crippen molar-refractivity contribution in [1.29, 1.82) is 0 Å². The fourth-order valence-electron chi connectivity index (χ4n) is 2.05. The molecule has 1 aromatic carbocycles. The highest BCUT2D eigenvalue weighted by Gasteiger charge is 2.13. The van der Waals surface area contributed by atoms with Crippen LogP contribution in [0.2, 0.25) is 0 Å². The van der Waals surface area contributed by atoms with Crippen LogP contribution in [0.5, 0.6) is 0 Å². The van der Waals surface area contributed by atoms with E-state index in [1.165, 1.54) is 16.8 Å². The average Bonchev–Trinajstić information content (AvgIpc) is 2.71. The van der Waals surface area contributed by atoms with Gasteiger partial charge in [0.1, 0.15) is 0 Å². The summed E-state index contributed by atoms with van der Waals surface area (Å²) >= 11 is 0. The first kappa shape index (κ1) is 11.9. The molecule has 1 heterocycles. The van der Waals surface area contributed by atoms with Crippen molar-refractivity contribution < 1.29 is 0 Å². The summed E-state index contributed by atoms with van der Waals surface area (Å²) in [5.41, 5.74) is 4.83. The molecule has 0 aliphatic heterocycles. The van der Waals surface area contributed by atoms with Gasteiger partial charge < -0.3 is 5.32 Å². The van der Waals surface area contributed by atoms with Crippen molar-refractivity contribution in [2.45, 2.75) is 26.8 Å². The van der Waals surface area contributed by atoms with Gasteiger partial charge in [-0.25, -0.2) is 4.68 Å². The first-order valence-corrected chi connectivity index (χ1v) is 5.93. The lowest BCUT2D eigenvalue weighted by atomic mass is 10.1. The molecule has 0 bridgehead atoms. The Morgan fingerprint density at radius 3 is 2.59 bits per heavy atom. The number of aromatic nitrogens is 2. The van der Waals surface area contributed by atoms with Crippen molar-refractivity contribution in [2.75, 3.05) is 7.05 Å². The van der Waals surface area contributed by atoms with E-state index in [9.17, 15) is 0 Å². The Labute approximate surface area is 102 Å². The van der Waals surface area contributed by atoms with Gasteiger partial charge in [-0.1, -0.05) is 18.2 Å². The van der Waals surface area contributed by atoms with Crippen molar-refractivity contribution in [2.24, 2.45) is 0 Å². The Morgan fingerprint density at radius 1 is 1.24 bits per heavy atom. The van der Waals surface area contributed by atoms with E-state index in [1.807, 2.05) is 24.0 Å². The zero-order valence-electron chi connectivity index (χ0n) is 10.9. The number of nitrogens with one attached hydrogen (secondary N) is 1. The normalized spacial score (nSPS) is 12.7. The van der Waals surface area contributed by atoms with E-state index in [1.54, 1.807) is 0 Å². The third-order valence-corrected chi connectivity index (χ3v) is 3.29. The quantitative estimate of drug-likeness (QED) is 0.877. The summed E-state index contributed by atoms with van der Waals surface area (Å²) in [5.74, 6) is 0. The number of para-hydroxylation sites is 1. The van der Waals surface area contributed by atoms with E-state index in [-0.39, 0.29) is 0 Å². The van der Waals surface area contributed by atoms with Crippen LogP contribution in [0.15, 0.2) is 30.5 Å². The molecule has 1 unspecified atom stereocenters. The summed E-state index contributed by atoms with van der Waals surface area (Å²) in [4.78, 5) is 0. The smallest absolute Gasteiger partial charge is 0.0677 e. The van der Waals surface area contributed by atoms with Gasteiger partial charge in [0.15, 0.2) is 0 Å². The van der Waals surface area contributed by atoms with E-state index < -0.39 is 0 Å². The molecule has 1 atom stereocenters. The van der Waals surface area contributed by atoms with Gasteiger partial charge in [-0.2, -0.15) is 5.10 Å². The van der Waals surface area contributed by atoms with Gasteiger partial charge in [-0.05, 0) is 39.4 Å². The van der Waals surface area contributed by atoms with Gasteiger partial charge >= 0.3 is 0 Å². The third-order valence-electron chi connectivity index (χ3n) is 3.29. The maximum absolute atomic E-state index is 4.49. The van der Waals surface area contributed by atoms with Gasteiger partial charge in [-0.3, -0.25) is 0 Å². The molecule has 0 saturated carbocycles. The molecule has 3 heteroatoms. The number of benzene rings is 1. The fraction of sp³-hybridized carbons (Fsp3) is 0.357. The predicted octanol–water partition coefficient (Wildman–Crippen LogP) is 2.77.